The van der Waals surface area contributed by atoms with Crippen molar-refractivity contribution in [1.29, 1.82) is 0 Å². The fourth-order valence-corrected chi connectivity index (χ4v) is 4.07. The predicted octanol–water partition coefficient (Wildman–Crippen LogP) is 2.84. The van der Waals surface area contributed by atoms with Gasteiger partial charge in [-0.15, -0.1) is 11.3 Å². The molecule has 0 saturated heterocycles. The first-order chi connectivity index (χ1) is 7.99. The summed E-state index contributed by atoms with van der Waals surface area (Å²) in [7, 11) is 1.71. The van der Waals surface area contributed by atoms with E-state index in [9.17, 15) is 4.79 Å². The van der Waals surface area contributed by atoms with E-state index in [1.54, 1.807) is 13.1 Å². The first-order valence-electron chi connectivity index (χ1n) is 4.52. The van der Waals surface area contributed by atoms with Crippen LogP contribution in [-0.4, -0.2) is 15.7 Å². The molecule has 0 unspecified atom stereocenters. The number of hydrogen-bond acceptors (Lipinski definition) is 4. The van der Waals surface area contributed by atoms with Gasteiger partial charge in [-0.3, -0.25) is 9.48 Å². The quantitative estimate of drug-likeness (QED) is 0.842. The predicted molar refractivity (Wildman–Crippen MR) is 75.3 cm³/mol. The minimum Gasteiger partial charge on any atom is -0.394 e. The van der Waals surface area contributed by atoms with Gasteiger partial charge in [-0.25, -0.2) is 0 Å². The Kier molecular flexibility index (Phi) is 3.55. The van der Waals surface area contributed by atoms with E-state index < -0.39 is 0 Å². The second-order valence-corrected chi connectivity index (χ2v) is 7.01. The number of anilines is 2. The number of aromatic nitrogens is 2. The number of nitrogen functional groups attached to an aromatic ring is 1. The van der Waals surface area contributed by atoms with Gasteiger partial charge in [0.25, 0.3) is 5.91 Å². The van der Waals surface area contributed by atoms with Gasteiger partial charge in [0, 0.05) is 7.05 Å². The largest absolute Gasteiger partial charge is 0.394 e. The number of halogens is 2. The highest BCUT2D eigenvalue weighted by Crippen LogP contribution is 2.32. The molecule has 0 bridgehead atoms. The number of amides is 1. The molecule has 2 heterocycles. The summed E-state index contributed by atoms with van der Waals surface area (Å²) in [5, 5.41) is 6.67. The van der Waals surface area contributed by atoms with Gasteiger partial charge in [0.05, 0.1) is 25.0 Å². The molecule has 2 aromatic rings. The lowest BCUT2D eigenvalue weighted by atomic mass is 10.3. The fourth-order valence-electron chi connectivity index (χ4n) is 1.28. The van der Waals surface area contributed by atoms with Crippen LogP contribution in [0.4, 0.5) is 11.5 Å². The molecule has 90 valence electrons. The van der Waals surface area contributed by atoms with Crippen molar-refractivity contribution in [3.05, 3.63) is 25.4 Å². The number of hydrogen-bond donors (Lipinski definition) is 2. The highest BCUT2D eigenvalue weighted by Gasteiger charge is 2.16. The highest BCUT2D eigenvalue weighted by molar-refractivity contribution is 9.12. The molecule has 5 nitrogen and oxygen atoms in total. The van der Waals surface area contributed by atoms with Crippen LogP contribution in [0.2, 0.25) is 0 Å². The SMILES string of the molecule is Cn1ncc(N)c1NC(=O)c1cc(Br)sc1Br. The number of nitrogens with one attached hydrogen (secondary N) is 1. The minimum atomic E-state index is -0.228. The first-order valence-corrected chi connectivity index (χ1v) is 6.93. The normalized spacial score (nSPS) is 10.5. The number of rotatable bonds is 2. The summed E-state index contributed by atoms with van der Waals surface area (Å²) in [4.78, 5) is 12.0. The van der Waals surface area contributed by atoms with E-state index in [2.05, 4.69) is 42.3 Å². The number of carbonyl (C=O) groups is 1. The highest BCUT2D eigenvalue weighted by atomic mass is 79.9. The molecule has 0 aromatic carbocycles. The third-order valence-corrected chi connectivity index (χ3v) is 4.44. The van der Waals surface area contributed by atoms with Crippen LogP contribution in [-0.2, 0) is 7.05 Å². The van der Waals surface area contributed by atoms with Crippen LogP contribution < -0.4 is 11.1 Å². The molecule has 0 atom stereocenters. The van der Waals surface area contributed by atoms with Crippen molar-refractivity contribution in [2.75, 3.05) is 11.1 Å². The molecule has 0 aliphatic heterocycles. The Hall–Kier alpha value is -0.860. The minimum absolute atomic E-state index is 0.228. The van der Waals surface area contributed by atoms with E-state index in [1.165, 1.54) is 22.2 Å². The van der Waals surface area contributed by atoms with Crippen LogP contribution >= 0.6 is 43.2 Å². The van der Waals surface area contributed by atoms with Crippen molar-refractivity contribution in [3.8, 4) is 0 Å². The molecule has 0 aliphatic carbocycles. The second kappa shape index (κ2) is 4.79. The molecule has 0 aliphatic rings. The molecule has 17 heavy (non-hydrogen) atoms. The van der Waals surface area contributed by atoms with Crippen LogP contribution in [0.1, 0.15) is 10.4 Å². The van der Waals surface area contributed by atoms with Crippen molar-refractivity contribution in [3.63, 3.8) is 0 Å². The zero-order chi connectivity index (χ0) is 12.6. The average Bonchev–Trinajstić information content (AvgIpc) is 2.74. The molecule has 0 radical (unpaired) electrons. The van der Waals surface area contributed by atoms with E-state index >= 15 is 0 Å². The molecule has 0 spiro atoms. The molecular weight excluding hydrogens is 372 g/mol. The van der Waals surface area contributed by atoms with Gasteiger partial charge in [0.1, 0.15) is 0 Å². The first kappa shape index (κ1) is 12.6. The van der Waals surface area contributed by atoms with Crippen LogP contribution in [0.5, 0.6) is 0 Å². The van der Waals surface area contributed by atoms with E-state index in [4.69, 9.17) is 5.73 Å². The Morgan fingerprint density at radius 3 is 2.76 bits per heavy atom. The van der Waals surface area contributed by atoms with E-state index in [-0.39, 0.29) is 5.91 Å². The van der Waals surface area contributed by atoms with Gasteiger partial charge < -0.3 is 11.1 Å². The number of carbonyl (C=O) groups excluding carboxylic acids is 1. The maximum Gasteiger partial charge on any atom is 0.258 e. The van der Waals surface area contributed by atoms with E-state index in [0.29, 0.717) is 17.1 Å². The number of nitrogens with zero attached hydrogens (tertiary/aromatic N) is 2. The monoisotopic (exact) mass is 378 g/mol. The van der Waals surface area contributed by atoms with Gasteiger partial charge in [-0.1, -0.05) is 0 Å². The third-order valence-electron chi connectivity index (χ3n) is 2.10. The maximum atomic E-state index is 12.0. The van der Waals surface area contributed by atoms with Crippen molar-refractivity contribution in [2.24, 2.45) is 7.05 Å². The summed E-state index contributed by atoms with van der Waals surface area (Å²) < 4.78 is 3.16. The molecule has 2 aromatic heterocycles. The Bertz CT molecular complexity index is 558. The summed E-state index contributed by atoms with van der Waals surface area (Å²) in [6.07, 6.45) is 1.49. The third kappa shape index (κ3) is 2.53. The molecular formula is C9H8Br2N4OS. The van der Waals surface area contributed by atoms with Crippen molar-refractivity contribution in [2.45, 2.75) is 0 Å². The van der Waals surface area contributed by atoms with Crippen molar-refractivity contribution in [1.82, 2.24) is 9.78 Å². The average molecular weight is 380 g/mol. The lowest BCUT2D eigenvalue weighted by molar-refractivity contribution is 0.102. The molecule has 0 fully saturated rings. The summed E-state index contributed by atoms with van der Waals surface area (Å²) >= 11 is 8.09. The Morgan fingerprint density at radius 1 is 1.59 bits per heavy atom. The standard InChI is InChI=1S/C9H8Br2N4OS/c1-15-8(5(12)3-13-15)14-9(16)4-2-6(10)17-7(4)11/h2-3H,12H2,1H3,(H,14,16). The Morgan fingerprint density at radius 2 is 2.29 bits per heavy atom. The summed E-state index contributed by atoms with van der Waals surface area (Å²) in [5.74, 6) is 0.262. The van der Waals surface area contributed by atoms with Gasteiger partial charge in [0.2, 0.25) is 0 Å². The zero-order valence-corrected chi connectivity index (χ0v) is 12.7. The zero-order valence-electron chi connectivity index (χ0n) is 8.70. The molecule has 0 saturated carbocycles. The van der Waals surface area contributed by atoms with Crippen LogP contribution in [0.3, 0.4) is 0 Å². The topological polar surface area (TPSA) is 72.9 Å². The Labute approximate surface area is 118 Å². The molecule has 1 amide bonds. The van der Waals surface area contributed by atoms with Gasteiger partial charge in [0.15, 0.2) is 5.82 Å². The number of thiophene rings is 1. The van der Waals surface area contributed by atoms with Crippen LogP contribution in [0.25, 0.3) is 0 Å². The van der Waals surface area contributed by atoms with E-state index in [0.717, 1.165) is 7.57 Å². The second-order valence-electron chi connectivity index (χ2n) is 3.26. The van der Waals surface area contributed by atoms with Crippen molar-refractivity contribution < 1.29 is 4.79 Å². The van der Waals surface area contributed by atoms with Crippen molar-refractivity contribution >= 4 is 60.6 Å². The Balaban J connectivity index is 2.26. The number of nitrogens with two attached hydrogens (primary N) is 1. The summed E-state index contributed by atoms with van der Waals surface area (Å²) in [5.41, 5.74) is 6.69. The maximum absolute atomic E-state index is 12.0. The van der Waals surface area contributed by atoms with Crippen LogP contribution in [0, 0.1) is 0 Å². The lowest BCUT2D eigenvalue weighted by Crippen LogP contribution is -2.15. The smallest absolute Gasteiger partial charge is 0.258 e. The van der Waals surface area contributed by atoms with Gasteiger partial charge in [-0.05, 0) is 37.9 Å². The van der Waals surface area contributed by atoms with E-state index in [1.807, 2.05) is 0 Å². The summed E-state index contributed by atoms with van der Waals surface area (Å²) in [6.45, 7) is 0. The molecule has 3 N–H and O–H groups in total. The van der Waals surface area contributed by atoms with Gasteiger partial charge in [-0.2, -0.15) is 5.10 Å². The lowest BCUT2D eigenvalue weighted by Gasteiger charge is -2.05. The van der Waals surface area contributed by atoms with Crippen LogP contribution in [0.15, 0.2) is 19.8 Å². The fraction of sp³-hybridized carbons (Fsp3) is 0.111. The number of aryl methyl sites for hydroxylation is 1. The summed E-state index contributed by atoms with van der Waals surface area (Å²) in [6, 6.07) is 1.75. The molecule has 2 rings (SSSR count). The van der Waals surface area contributed by atoms with Gasteiger partial charge >= 0.3 is 0 Å². The molecule has 8 heteroatoms.